The largest absolute Gasteiger partial charge is 0.355 e. The van der Waals surface area contributed by atoms with Crippen LogP contribution in [0.25, 0.3) is 0 Å². The zero-order chi connectivity index (χ0) is 17.1. The lowest BCUT2D eigenvalue weighted by Crippen LogP contribution is -1.98. The molecule has 2 nitrogen and oxygen atoms in total. The molecule has 24 heavy (non-hydrogen) atoms. The van der Waals surface area contributed by atoms with Gasteiger partial charge in [-0.2, -0.15) is 0 Å². The van der Waals surface area contributed by atoms with Crippen LogP contribution in [-0.2, 0) is 0 Å². The molecule has 0 atom stereocenters. The maximum absolute atomic E-state index is 3.56. The summed E-state index contributed by atoms with van der Waals surface area (Å²) in [5, 5.41) is 7.11. The molecule has 3 rings (SSSR count). The van der Waals surface area contributed by atoms with Gasteiger partial charge in [-0.1, -0.05) is 42.5 Å². The number of aryl methyl sites for hydroxylation is 4. The van der Waals surface area contributed by atoms with Gasteiger partial charge in [-0.15, -0.1) is 0 Å². The second-order valence-electron chi connectivity index (χ2n) is 6.36. The van der Waals surface area contributed by atoms with Crippen molar-refractivity contribution >= 4 is 22.7 Å². The molecule has 2 heteroatoms. The van der Waals surface area contributed by atoms with Crippen molar-refractivity contribution in [3.8, 4) is 0 Å². The molecule has 0 fully saturated rings. The zero-order valence-corrected chi connectivity index (χ0v) is 14.8. The molecule has 0 aliphatic carbocycles. The molecule has 0 spiro atoms. The van der Waals surface area contributed by atoms with Crippen molar-refractivity contribution in [2.24, 2.45) is 0 Å². The fraction of sp³-hybridized carbons (Fsp3) is 0.182. The van der Waals surface area contributed by atoms with Gasteiger partial charge < -0.3 is 10.6 Å². The summed E-state index contributed by atoms with van der Waals surface area (Å²) < 4.78 is 0. The van der Waals surface area contributed by atoms with E-state index in [1.165, 1.54) is 33.6 Å². The third-order valence-electron chi connectivity index (χ3n) is 4.36. The molecule has 2 N–H and O–H groups in total. The second-order valence-corrected chi connectivity index (χ2v) is 6.36. The first kappa shape index (κ1) is 16.1. The summed E-state index contributed by atoms with van der Waals surface area (Å²) in [7, 11) is 0. The molecule has 0 bridgehead atoms. The molecule has 0 saturated heterocycles. The first-order valence-electron chi connectivity index (χ1n) is 8.31. The molecular weight excluding hydrogens is 292 g/mol. The van der Waals surface area contributed by atoms with Crippen LogP contribution in [-0.4, -0.2) is 0 Å². The van der Waals surface area contributed by atoms with Crippen molar-refractivity contribution in [2.45, 2.75) is 27.7 Å². The van der Waals surface area contributed by atoms with Gasteiger partial charge in [0.15, 0.2) is 0 Å². The van der Waals surface area contributed by atoms with Gasteiger partial charge in [0.1, 0.15) is 0 Å². The molecule has 3 aromatic carbocycles. The van der Waals surface area contributed by atoms with Crippen LogP contribution >= 0.6 is 0 Å². The summed E-state index contributed by atoms with van der Waals surface area (Å²) in [5.74, 6) is 0. The quantitative estimate of drug-likeness (QED) is 0.581. The molecule has 0 aromatic heterocycles. The van der Waals surface area contributed by atoms with Gasteiger partial charge in [-0.25, -0.2) is 0 Å². The summed E-state index contributed by atoms with van der Waals surface area (Å²) >= 11 is 0. The first-order chi connectivity index (χ1) is 11.5. The number of para-hydroxylation sites is 2. The van der Waals surface area contributed by atoms with Crippen molar-refractivity contribution in [1.82, 2.24) is 0 Å². The predicted octanol–water partition coefficient (Wildman–Crippen LogP) is 6.41. The number of nitrogens with one attached hydrogen (secondary N) is 2. The normalized spacial score (nSPS) is 10.5. The van der Waals surface area contributed by atoms with Crippen molar-refractivity contribution in [2.75, 3.05) is 10.6 Å². The van der Waals surface area contributed by atoms with Crippen LogP contribution in [0.2, 0.25) is 0 Å². The molecule has 0 heterocycles. The van der Waals surface area contributed by atoms with Crippen LogP contribution in [0.15, 0.2) is 60.7 Å². The lowest BCUT2D eigenvalue weighted by atomic mass is 10.1. The van der Waals surface area contributed by atoms with Gasteiger partial charge in [0.2, 0.25) is 0 Å². The van der Waals surface area contributed by atoms with Crippen LogP contribution in [0.1, 0.15) is 22.3 Å². The Morgan fingerprint density at radius 2 is 0.833 bits per heavy atom. The van der Waals surface area contributed by atoms with Gasteiger partial charge in [0.05, 0.1) is 0 Å². The smallest absolute Gasteiger partial charge is 0.0443 e. The van der Waals surface area contributed by atoms with Crippen LogP contribution in [0, 0.1) is 27.7 Å². The van der Waals surface area contributed by atoms with Gasteiger partial charge in [0, 0.05) is 22.7 Å². The van der Waals surface area contributed by atoms with E-state index in [4.69, 9.17) is 0 Å². The SMILES string of the molecule is Cc1cccc(C)c1Nc1cccc(Nc2c(C)cccc2C)c1. The minimum absolute atomic E-state index is 1.09. The number of hydrogen-bond acceptors (Lipinski definition) is 2. The average molecular weight is 316 g/mol. The van der Waals surface area contributed by atoms with Crippen molar-refractivity contribution in [1.29, 1.82) is 0 Å². The van der Waals surface area contributed by atoms with Crippen molar-refractivity contribution in [3.63, 3.8) is 0 Å². The molecule has 0 saturated carbocycles. The average Bonchev–Trinajstić information content (AvgIpc) is 2.55. The highest BCUT2D eigenvalue weighted by Crippen LogP contribution is 2.28. The highest BCUT2D eigenvalue weighted by Gasteiger charge is 2.05. The predicted molar refractivity (Wildman–Crippen MR) is 105 cm³/mol. The summed E-state index contributed by atoms with van der Waals surface area (Å²) in [5.41, 5.74) is 9.55. The fourth-order valence-electron chi connectivity index (χ4n) is 2.99. The Morgan fingerprint density at radius 1 is 0.500 bits per heavy atom. The number of rotatable bonds is 4. The second kappa shape index (κ2) is 6.79. The Labute approximate surface area is 144 Å². The molecule has 0 radical (unpaired) electrons. The highest BCUT2D eigenvalue weighted by atomic mass is 14.9. The first-order valence-corrected chi connectivity index (χ1v) is 8.31. The topological polar surface area (TPSA) is 24.1 Å². The van der Waals surface area contributed by atoms with Crippen LogP contribution in [0.5, 0.6) is 0 Å². The molecule has 0 amide bonds. The molecular formula is C22H24N2. The maximum atomic E-state index is 3.56. The van der Waals surface area contributed by atoms with Crippen LogP contribution in [0.3, 0.4) is 0 Å². The van der Waals surface area contributed by atoms with Crippen LogP contribution < -0.4 is 10.6 Å². The Morgan fingerprint density at radius 3 is 1.21 bits per heavy atom. The molecule has 3 aromatic rings. The summed E-state index contributed by atoms with van der Waals surface area (Å²) in [6.45, 7) is 8.53. The lowest BCUT2D eigenvalue weighted by Gasteiger charge is -2.16. The van der Waals surface area contributed by atoms with E-state index in [-0.39, 0.29) is 0 Å². The zero-order valence-electron chi connectivity index (χ0n) is 14.8. The maximum Gasteiger partial charge on any atom is 0.0443 e. The molecule has 122 valence electrons. The standard InChI is InChI=1S/C22H24N2/c1-15-8-5-9-16(2)21(15)23-19-12-7-13-20(14-19)24-22-17(3)10-6-11-18(22)4/h5-14,23-24H,1-4H3. The summed E-state index contributed by atoms with van der Waals surface area (Å²) in [4.78, 5) is 0. The van der Waals surface area contributed by atoms with E-state index in [0.29, 0.717) is 0 Å². The molecule has 0 aliphatic rings. The molecule has 0 unspecified atom stereocenters. The fourth-order valence-corrected chi connectivity index (χ4v) is 2.99. The van der Waals surface area contributed by atoms with E-state index in [1.807, 2.05) is 0 Å². The van der Waals surface area contributed by atoms with E-state index in [1.54, 1.807) is 0 Å². The Kier molecular flexibility index (Phi) is 4.57. The Bertz CT molecular complexity index is 756. The van der Waals surface area contributed by atoms with Gasteiger partial charge in [-0.3, -0.25) is 0 Å². The van der Waals surface area contributed by atoms with Crippen LogP contribution in [0.4, 0.5) is 22.7 Å². The van der Waals surface area contributed by atoms with E-state index in [2.05, 4.69) is 99.0 Å². The van der Waals surface area contributed by atoms with E-state index in [0.717, 1.165) is 11.4 Å². The number of hydrogen-bond donors (Lipinski definition) is 2. The number of anilines is 4. The summed E-state index contributed by atoms with van der Waals surface area (Å²) in [6.07, 6.45) is 0. The van der Waals surface area contributed by atoms with E-state index >= 15 is 0 Å². The van der Waals surface area contributed by atoms with Crippen molar-refractivity contribution < 1.29 is 0 Å². The highest BCUT2D eigenvalue weighted by molar-refractivity contribution is 5.73. The third kappa shape index (κ3) is 3.43. The minimum Gasteiger partial charge on any atom is -0.355 e. The number of benzene rings is 3. The van der Waals surface area contributed by atoms with Crippen molar-refractivity contribution in [3.05, 3.63) is 82.9 Å². The Balaban J connectivity index is 1.87. The van der Waals surface area contributed by atoms with Gasteiger partial charge >= 0.3 is 0 Å². The Hall–Kier alpha value is -2.74. The summed E-state index contributed by atoms with van der Waals surface area (Å²) in [6, 6.07) is 21.1. The molecule has 0 aliphatic heterocycles. The van der Waals surface area contributed by atoms with Gasteiger partial charge in [0.25, 0.3) is 0 Å². The van der Waals surface area contributed by atoms with E-state index in [9.17, 15) is 0 Å². The third-order valence-corrected chi connectivity index (χ3v) is 4.36. The van der Waals surface area contributed by atoms with Gasteiger partial charge in [-0.05, 0) is 68.1 Å². The minimum atomic E-state index is 1.09. The monoisotopic (exact) mass is 316 g/mol. The van der Waals surface area contributed by atoms with E-state index < -0.39 is 0 Å². The lowest BCUT2D eigenvalue weighted by molar-refractivity contribution is 1.35.